The Morgan fingerprint density at radius 2 is 1.88 bits per heavy atom. The van der Waals surface area contributed by atoms with Crippen LogP contribution in [0, 0.1) is 0 Å². The van der Waals surface area contributed by atoms with E-state index >= 15 is 0 Å². The highest BCUT2D eigenvalue weighted by Crippen LogP contribution is 1.86. The Bertz CT molecular complexity index is 159. The molecule has 0 aromatic rings. The molecule has 0 unspecified atom stereocenters. The SMILES string of the molecule is CCN(C)CCNC(=O)CCCNC.Cl.Cl. The first-order chi connectivity index (χ1) is 6.70. The van der Waals surface area contributed by atoms with Crippen molar-refractivity contribution in [2.24, 2.45) is 0 Å². The van der Waals surface area contributed by atoms with E-state index in [1.54, 1.807) is 0 Å². The van der Waals surface area contributed by atoms with Crippen molar-refractivity contribution in [1.29, 1.82) is 0 Å². The fraction of sp³-hybridized carbons (Fsp3) is 0.900. The molecule has 1 amide bonds. The molecule has 0 aromatic heterocycles. The van der Waals surface area contributed by atoms with E-state index in [4.69, 9.17) is 0 Å². The molecular formula is C10H25Cl2N3O. The van der Waals surface area contributed by atoms with Gasteiger partial charge in [0.05, 0.1) is 0 Å². The predicted octanol–water partition coefficient (Wildman–Crippen LogP) is 0.897. The van der Waals surface area contributed by atoms with Gasteiger partial charge in [0.1, 0.15) is 0 Å². The summed E-state index contributed by atoms with van der Waals surface area (Å²) in [6.07, 6.45) is 1.53. The molecule has 0 spiro atoms. The molecule has 16 heavy (non-hydrogen) atoms. The van der Waals surface area contributed by atoms with E-state index in [1.165, 1.54) is 0 Å². The Labute approximate surface area is 111 Å². The Hall–Kier alpha value is -0.0300. The maximum absolute atomic E-state index is 11.2. The molecule has 0 bridgehead atoms. The van der Waals surface area contributed by atoms with Gasteiger partial charge in [-0.25, -0.2) is 0 Å². The van der Waals surface area contributed by atoms with E-state index in [0.717, 1.165) is 32.6 Å². The van der Waals surface area contributed by atoms with Crippen LogP contribution in [0.3, 0.4) is 0 Å². The molecule has 6 heteroatoms. The van der Waals surface area contributed by atoms with Crippen molar-refractivity contribution < 1.29 is 4.79 Å². The van der Waals surface area contributed by atoms with E-state index in [-0.39, 0.29) is 30.7 Å². The van der Waals surface area contributed by atoms with Gasteiger partial charge >= 0.3 is 0 Å². The van der Waals surface area contributed by atoms with Crippen LogP contribution in [0.25, 0.3) is 0 Å². The van der Waals surface area contributed by atoms with Crippen molar-refractivity contribution in [2.75, 3.05) is 40.3 Å². The van der Waals surface area contributed by atoms with Crippen molar-refractivity contribution in [1.82, 2.24) is 15.5 Å². The monoisotopic (exact) mass is 273 g/mol. The second kappa shape index (κ2) is 15.0. The Morgan fingerprint density at radius 1 is 1.25 bits per heavy atom. The smallest absolute Gasteiger partial charge is 0.220 e. The van der Waals surface area contributed by atoms with Crippen molar-refractivity contribution in [2.45, 2.75) is 19.8 Å². The van der Waals surface area contributed by atoms with Crippen LogP contribution in [0.4, 0.5) is 0 Å². The highest BCUT2D eigenvalue weighted by molar-refractivity contribution is 5.85. The molecule has 0 rings (SSSR count). The normalized spacial score (nSPS) is 9.25. The summed E-state index contributed by atoms with van der Waals surface area (Å²) in [6, 6.07) is 0. The van der Waals surface area contributed by atoms with Gasteiger partial charge in [-0.05, 0) is 33.6 Å². The third-order valence-corrected chi connectivity index (χ3v) is 2.19. The standard InChI is InChI=1S/C10H23N3O.2ClH/c1-4-13(3)9-8-12-10(14)6-5-7-11-2;;/h11H,4-9H2,1-3H3,(H,12,14);2*1H. The molecule has 0 radical (unpaired) electrons. The Morgan fingerprint density at radius 3 is 2.38 bits per heavy atom. The fourth-order valence-electron chi connectivity index (χ4n) is 1.06. The topological polar surface area (TPSA) is 44.4 Å². The fourth-order valence-corrected chi connectivity index (χ4v) is 1.06. The molecule has 0 saturated heterocycles. The van der Waals surface area contributed by atoms with Crippen LogP contribution in [0.1, 0.15) is 19.8 Å². The molecule has 0 aliphatic heterocycles. The van der Waals surface area contributed by atoms with Gasteiger partial charge in [0, 0.05) is 19.5 Å². The van der Waals surface area contributed by atoms with Crippen molar-refractivity contribution >= 4 is 30.7 Å². The molecule has 100 valence electrons. The number of halogens is 2. The van der Waals surface area contributed by atoms with E-state index in [0.29, 0.717) is 6.42 Å². The summed E-state index contributed by atoms with van der Waals surface area (Å²) in [7, 11) is 3.95. The van der Waals surface area contributed by atoms with Gasteiger partial charge in [-0.3, -0.25) is 4.79 Å². The van der Waals surface area contributed by atoms with Crippen LogP contribution in [0.15, 0.2) is 0 Å². The molecule has 0 atom stereocenters. The lowest BCUT2D eigenvalue weighted by molar-refractivity contribution is -0.121. The largest absolute Gasteiger partial charge is 0.355 e. The highest BCUT2D eigenvalue weighted by Gasteiger charge is 2.00. The number of rotatable bonds is 8. The van der Waals surface area contributed by atoms with Crippen molar-refractivity contribution in [3.63, 3.8) is 0 Å². The van der Waals surface area contributed by atoms with Gasteiger partial charge in [-0.2, -0.15) is 0 Å². The molecule has 0 aliphatic rings. The number of nitrogens with zero attached hydrogens (tertiary/aromatic N) is 1. The van der Waals surface area contributed by atoms with E-state index in [2.05, 4.69) is 22.5 Å². The van der Waals surface area contributed by atoms with Crippen LogP contribution in [0.5, 0.6) is 0 Å². The lowest BCUT2D eigenvalue weighted by atomic mass is 10.3. The average Bonchev–Trinajstić information content (AvgIpc) is 2.18. The van der Waals surface area contributed by atoms with Crippen molar-refractivity contribution in [3.05, 3.63) is 0 Å². The Balaban J connectivity index is -0.000000845. The zero-order valence-electron chi connectivity index (χ0n) is 10.4. The van der Waals surface area contributed by atoms with Crippen LogP contribution < -0.4 is 10.6 Å². The van der Waals surface area contributed by atoms with E-state index < -0.39 is 0 Å². The second-order valence-corrected chi connectivity index (χ2v) is 3.45. The van der Waals surface area contributed by atoms with Crippen LogP contribution in [-0.4, -0.2) is 51.1 Å². The van der Waals surface area contributed by atoms with Crippen LogP contribution in [0.2, 0.25) is 0 Å². The molecular weight excluding hydrogens is 249 g/mol. The number of hydrogen-bond donors (Lipinski definition) is 2. The number of carbonyl (C=O) groups is 1. The Kier molecular flexibility index (Phi) is 19.9. The van der Waals surface area contributed by atoms with E-state index in [1.807, 2.05) is 14.1 Å². The molecule has 0 saturated carbocycles. The molecule has 2 N–H and O–H groups in total. The summed E-state index contributed by atoms with van der Waals surface area (Å²) in [6.45, 7) is 5.71. The first-order valence-corrected chi connectivity index (χ1v) is 5.30. The summed E-state index contributed by atoms with van der Waals surface area (Å²) in [5, 5.41) is 5.92. The molecule has 4 nitrogen and oxygen atoms in total. The minimum atomic E-state index is 0. The quantitative estimate of drug-likeness (QED) is 0.646. The van der Waals surface area contributed by atoms with Gasteiger partial charge in [-0.15, -0.1) is 24.8 Å². The van der Waals surface area contributed by atoms with Crippen LogP contribution >= 0.6 is 24.8 Å². The third kappa shape index (κ3) is 14.0. The number of amides is 1. The summed E-state index contributed by atoms with van der Waals surface area (Å²) in [5.41, 5.74) is 0. The van der Waals surface area contributed by atoms with Gasteiger partial charge in [0.15, 0.2) is 0 Å². The first kappa shape index (κ1) is 21.3. The van der Waals surface area contributed by atoms with Crippen molar-refractivity contribution in [3.8, 4) is 0 Å². The summed E-state index contributed by atoms with van der Waals surface area (Å²) in [5.74, 6) is 0.157. The second-order valence-electron chi connectivity index (χ2n) is 3.45. The average molecular weight is 274 g/mol. The summed E-state index contributed by atoms with van der Waals surface area (Å²) in [4.78, 5) is 13.4. The molecule has 0 fully saturated rings. The van der Waals surface area contributed by atoms with E-state index in [9.17, 15) is 4.79 Å². The van der Waals surface area contributed by atoms with Gasteiger partial charge in [0.25, 0.3) is 0 Å². The van der Waals surface area contributed by atoms with Gasteiger partial charge in [0.2, 0.25) is 5.91 Å². The third-order valence-electron chi connectivity index (χ3n) is 2.19. The number of likely N-dealkylation sites (N-methyl/N-ethyl adjacent to an activating group) is 1. The molecule has 0 aliphatic carbocycles. The number of carbonyl (C=O) groups excluding carboxylic acids is 1. The number of hydrogen-bond acceptors (Lipinski definition) is 3. The highest BCUT2D eigenvalue weighted by atomic mass is 35.5. The summed E-state index contributed by atoms with van der Waals surface area (Å²) < 4.78 is 0. The maximum atomic E-state index is 11.2. The zero-order valence-corrected chi connectivity index (χ0v) is 12.0. The van der Waals surface area contributed by atoms with Crippen LogP contribution in [-0.2, 0) is 4.79 Å². The predicted molar refractivity (Wildman–Crippen MR) is 73.8 cm³/mol. The molecule has 0 heterocycles. The minimum Gasteiger partial charge on any atom is -0.355 e. The van der Waals surface area contributed by atoms with Gasteiger partial charge in [-0.1, -0.05) is 6.92 Å². The minimum absolute atomic E-state index is 0. The lowest BCUT2D eigenvalue weighted by Gasteiger charge is -2.13. The summed E-state index contributed by atoms with van der Waals surface area (Å²) >= 11 is 0. The first-order valence-electron chi connectivity index (χ1n) is 5.30. The number of nitrogens with one attached hydrogen (secondary N) is 2. The maximum Gasteiger partial charge on any atom is 0.220 e. The van der Waals surface area contributed by atoms with Gasteiger partial charge < -0.3 is 15.5 Å². The lowest BCUT2D eigenvalue weighted by Crippen LogP contribution is -2.33. The molecule has 0 aromatic carbocycles. The zero-order chi connectivity index (χ0) is 10.8.